The van der Waals surface area contributed by atoms with E-state index in [0.29, 0.717) is 33.7 Å². The van der Waals surface area contributed by atoms with Crippen LogP contribution in [0.1, 0.15) is 31.0 Å². The monoisotopic (exact) mass is 392 g/mol. The number of nitrogens with one attached hydrogen (secondary N) is 1. The first kappa shape index (κ1) is 19.9. The summed E-state index contributed by atoms with van der Waals surface area (Å²) in [5.41, 5.74) is 1.22. The van der Waals surface area contributed by atoms with E-state index in [1.165, 1.54) is 0 Å². The van der Waals surface area contributed by atoms with Crippen LogP contribution < -0.4 is 14.8 Å². The maximum absolute atomic E-state index is 12.2. The van der Waals surface area contributed by atoms with Crippen molar-refractivity contribution < 1.29 is 14.3 Å². The highest BCUT2D eigenvalue weighted by Crippen LogP contribution is 2.29. The highest BCUT2D eigenvalue weighted by molar-refractivity contribution is 6.35. The maximum atomic E-state index is 12.2. The first-order chi connectivity index (χ1) is 12.4. The smallest absolute Gasteiger partial charge is 0.258 e. The van der Waals surface area contributed by atoms with Gasteiger partial charge in [0, 0.05) is 16.1 Å². The number of carbonyl (C=O) groups excluding carboxylic acids is 1. The van der Waals surface area contributed by atoms with Gasteiger partial charge in [0.15, 0.2) is 18.1 Å². The second-order valence-electron chi connectivity index (χ2n) is 5.45. The molecule has 26 heavy (non-hydrogen) atoms. The third-order valence-corrected chi connectivity index (χ3v) is 4.10. The van der Waals surface area contributed by atoms with Gasteiger partial charge in [-0.25, -0.2) is 0 Å². The van der Waals surface area contributed by atoms with E-state index < -0.39 is 0 Å². The Labute approximate surface area is 162 Å². The topological polar surface area (TPSA) is 71.3 Å². The molecule has 0 aliphatic heterocycles. The van der Waals surface area contributed by atoms with Gasteiger partial charge < -0.3 is 14.8 Å². The molecule has 0 saturated carbocycles. The number of carbonyl (C=O) groups is 1. The molecule has 1 unspecified atom stereocenters. The molecule has 0 fully saturated rings. The van der Waals surface area contributed by atoms with Crippen LogP contribution in [0.25, 0.3) is 0 Å². The molecule has 7 heteroatoms. The Hall–Kier alpha value is -2.42. The van der Waals surface area contributed by atoms with Crippen LogP contribution in [0.5, 0.6) is 11.5 Å². The zero-order valence-corrected chi connectivity index (χ0v) is 15.9. The van der Waals surface area contributed by atoms with Crippen LogP contribution in [0.15, 0.2) is 36.4 Å². The number of nitrogens with zero attached hydrogens (tertiary/aromatic N) is 1. The van der Waals surface area contributed by atoms with Gasteiger partial charge in [0.1, 0.15) is 0 Å². The molecule has 0 aromatic heterocycles. The zero-order valence-electron chi connectivity index (χ0n) is 14.4. The molecule has 0 spiro atoms. The van der Waals surface area contributed by atoms with E-state index in [9.17, 15) is 4.79 Å². The van der Waals surface area contributed by atoms with E-state index in [1.807, 2.05) is 19.9 Å². The lowest BCUT2D eigenvalue weighted by molar-refractivity contribution is -0.123. The predicted octanol–water partition coefficient (Wildman–Crippen LogP) is 4.52. The molecule has 0 bridgehead atoms. The van der Waals surface area contributed by atoms with Gasteiger partial charge in [-0.2, -0.15) is 5.26 Å². The molecule has 1 amide bonds. The van der Waals surface area contributed by atoms with E-state index >= 15 is 0 Å². The Morgan fingerprint density at radius 3 is 2.62 bits per heavy atom. The lowest BCUT2D eigenvalue weighted by Crippen LogP contribution is -2.31. The lowest BCUT2D eigenvalue weighted by Gasteiger charge is -2.17. The molecule has 0 heterocycles. The molecule has 136 valence electrons. The third kappa shape index (κ3) is 5.29. The average Bonchev–Trinajstić information content (AvgIpc) is 2.60. The van der Waals surface area contributed by atoms with E-state index in [0.717, 1.165) is 5.56 Å². The standard InChI is InChI=1S/C19H18Cl2N2O3/c1-3-25-18-8-13(10-22)4-7-17(18)26-11-19(24)23-12(2)15-6-5-14(20)9-16(15)21/h4-9,12H,3,11H2,1-2H3,(H,23,24). The molecular formula is C19H18Cl2N2O3. The fraction of sp³-hybridized carbons (Fsp3) is 0.263. The third-order valence-electron chi connectivity index (χ3n) is 3.54. The Bertz CT molecular complexity index is 834. The number of hydrogen-bond donors (Lipinski definition) is 1. The van der Waals surface area contributed by atoms with Crippen molar-refractivity contribution >= 4 is 29.1 Å². The number of ether oxygens (including phenoxy) is 2. The molecule has 0 aliphatic carbocycles. The first-order valence-electron chi connectivity index (χ1n) is 7.98. The van der Waals surface area contributed by atoms with Crippen LogP contribution in [0.3, 0.4) is 0 Å². The van der Waals surface area contributed by atoms with Gasteiger partial charge in [0.2, 0.25) is 0 Å². The number of hydrogen-bond acceptors (Lipinski definition) is 4. The Kier molecular flexibility index (Phi) is 7.14. The predicted molar refractivity (Wildman–Crippen MR) is 101 cm³/mol. The second kappa shape index (κ2) is 9.33. The number of amides is 1. The summed E-state index contributed by atoms with van der Waals surface area (Å²) < 4.78 is 11.0. The fourth-order valence-corrected chi connectivity index (χ4v) is 2.89. The van der Waals surface area contributed by atoms with Crippen molar-refractivity contribution in [2.75, 3.05) is 13.2 Å². The van der Waals surface area contributed by atoms with Crippen LogP contribution in [0.2, 0.25) is 10.0 Å². The van der Waals surface area contributed by atoms with Gasteiger partial charge >= 0.3 is 0 Å². The van der Waals surface area contributed by atoms with Crippen molar-refractivity contribution in [1.29, 1.82) is 5.26 Å². The molecule has 2 aromatic rings. The normalized spacial score (nSPS) is 11.3. The van der Waals surface area contributed by atoms with Crippen molar-refractivity contribution in [2.24, 2.45) is 0 Å². The largest absolute Gasteiger partial charge is 0.490 e. The maximum Gasteiger partial charge on any atom is 0.258 e. The summed E-state index contributed by atoms with van der Waals surface area (Å²) in [6.07, 6.45) is 0. The molecule has 0 radical (unpaired) electrons. The highest BCUT2D eigenvalue weighted by Gasteiger charge is 2.14. The summed E-state index contributed by atoms with van der Waals surface area (Å²) >= 11 is 12.0. The van der Waals surface area contributed by atoms with Crippen LogP contribution in [0, 0.1) is 11.3 Å². The van der Waals surface area contributed by atoms with Crippen LogP contribution >= 0.6 is 23.2 Å². The van der Waals surface area contributed by atoms with Gasteiger partial charge in [-0.05, 0) is 43.7 Å². The number of nitriles is 1. The number of halogens is 2. The summed E-state index contributed by atoms with van der Waals surface area (Å²) in [5.74, 6) is 0.515. The molecule has 2 aromatic carbocycles. The molecule has 2 rings (SSSR count). The van der Waals surface area contributed by atoms with Gasteiger partial charge in [-0.15, -0.1) is 0 Å². The Morgan fingerprint density at radius 2 is 1.96 bits per heavy atom. The highest BCUT2D eigenvalue weighted by atomic mass is 35.5. The summed E-state index contributed by atoms with van der Waals surface area (Å²) in [6.45, 7) is 3.87. The quantitative estimate of drug-likeness (QED) is 0.751. The number of rotatable bonds is 7. The van der Waals surface area contributed by atoms with E-state index in [2.05, 4.69) is 5.32 Å². The summed E-state index contributed by atoms with van der Waals surface area (Å²) in [5, 5.41) is 12.8. The molecule has 1 atom stereocenters. The van der Waals surface area contributed by atoms with Crippen molar-refractivity contribution in [3.63, 3.8) is 0 Å². The summed E-state index contributed by atoms with van der Waals surface area (Å²) in [7, 11) is 0. The van der Waals surface area contributed by atoms with Gasteiger partial charge in [0.05, 0.1) is 24.3 Å². The second-order valence-corrected chi connectivity index (χ2v) is 6.29. The van der Waals surface area contributed by atoms with Crippen molar-refractivity contribution in [3.05, 3.63) is 57.6 Å². The van der Waals surface area contributed by atoms with Crippen molar-refractivity contribution in [1.82, 2.24) is 5.32 Å². The minimum absolute atomic E-state index is 0.193. The Balaban J connectivity index is 1.99. The average molecular weight is 393 g/mol. The molecule has 1 N–H and O–H groups in total. The van der Waals surface area contributed by atoms with Crippen molar-refractivity contribution in [2.45, 2.75) is 19.9 Å². The molecule has 0 saturated heterocycles. The van der Waals surface area contributed by atoms with E-state index in [4.69, 9.17) is 37.9 Å². The molecule has 5 nitrogen and oxygen atoms in total. The van der Waals surface area contributed by atoms with Gasteiger partial charge in [-0.3, -0.25) is 4.79 Å². The minimum Gasteiger partial charge on any atom is -0.490 e. The molecule has 0 aliphatic rings. The summed E-state index contributed by atoms with van der Waals surface area (Å²) in [6, 6.07) is 11.6. The first-order valence-corrected chi connectivity index (χ1v) is 8.74. The van der Waals surface area contributed by atoms with E-state index in [-0.39, 0.29) is 18.6 Å². The zero-order chi connectivity index (χ0) is 19.1. The van der Waals surface area contributed by atoms with Crippen LogP contribution in [-0.2, 0) is 4.79 Å². The lowest BCUT2D eigenvalue weighted by atomic mass is 10.1. The van der Waals surface area contributed by atoms with Crippen LogP contribution in [0.4, 0.5) is 0 Å². The minimum atomic E-state index is -0.310. The van der Waals surface area contributed by atoms with Crippen LogP contribution in [-0.4, -0.2) is 19.1 Å². The number of benzene rings is 2. The molecular weight excluding hydrogens is 375 g/mol. The summed E-state index contributed by atoms with van der Waals surface area (Å²) in [4.78, 5) is 12.2. The fourth-order valence-electron chi connectivity index (χ4n) is 2.32. The Morgan fingerprint density at radius 1 is 1.19 bits per heavy atom. The van der Waals surface area contributed by atoms with Gasteiger partial charge in [0.25, 0.3) is 5.91 Å². The van der Waals surface area contributed by atoms with Gasteiger partial charge in [-0.1, -0.05) is 29.3 Å². The van der Waals surface area contributed by atoms with Crippen molar-refractivity contribution in [3.8, 4) is 17.6 Å². The van der Waals surface area contributed by atoms with E-state index in [1.54, 1.807) is 36.4 Å². The SMILES string of the molecule is CCOc1cc(C#N)ccc1OCC(=O)NC(C)c1ccc(Cl)cc1Cl.